The number of hydrogen-bond acceptors (Lipinski definition) is 3. The predicted octanol–water partition coefficient (Wildman–Crippen LogP) is -0.551. The van der Waals surface area contributed by atoms with E-state index >= 15 is 0 Å². The minimum absolute atomic E-state index is 0.0424. The van der Waals surface area contributed by atoms with Crippen LogP contribution in [0.1, 0.15) is 12.0 Å². The van der Waals surface area contributed by atoms with Crippen LogP contribution in [0.2, 0.25) is 0 Å². The van der Waals surface area contributed by atoms with Crippen molar-refractivity contribution in [2.45, 2.75) is 12.8 Å². The standard InChI is InChI=1S/C11H17N2O5P/c12-7-8-13-11(14)6-3-9-1-4-10(5-2-9)18-19(15,16)17/h1-2,4-5H,3,6-8,12H2,(H,13,14)(H2,15,16,17)/p+1. The molecule has 0 aliphatic rings. The number of carbonyl (C=O) groups excluding carboxylic acids is 1. The number of nitrogens with one attached hydrogen (secondary N) is 1. The van der Waals surface area contributed by atoms with Crippen molar-refractivity contribution in [1.82, 2.24) is 5.32 Å². The molecule has 1 aromatic rings. The summed E-state index contributed by atoms with van der Waals surface area (Å²) < 4.78 is 15.0. The quantitative estimate of drug-likeness (QED) is 0.501. The second-order valence-electron chi connectivity index (χ2n) is 3.93. The monoisotopic (exact) mass is 289 g/mol. The maximum Gasteiger partial charge on any atom is 0.524 e. The van der Waals surface area contributed by atoms with Crippen LogP contribution < -0.4 is 15.6 Å². The molecule has 1 rings (SSSR count). The van der Waals surface area contributed by atoms with Crippen molar-refractivity contribution < 1.29 is 29.4 Å². The number of phosphoric ester groups is 1. The highest BCUT2D eigenvalue weighted by Gasteiger charge is 2.15. The van der Waals surface area contributed by atoms with Crippen molar-refractivity contribution in [3.05, 3.63) is 29.8 Å². The molecule has 0 aromatic heterocycles. The number of benzene rings is 1. The lowest BCUT2D eigenvalue weighted by molar-refractivity contribution is -0.364. The lowest BCUT2D eigenvalue weighted by atomic mass is 10.1. The first kappa shape index (κ1) is 15.7. The van der Waals surface area contributed by atoms with Gasteiger partial charge in [0, 0.05) is 6.42 Å². The van der Waals surface area contributed by atoms with Gasteiger partial charge in [-0.25, -0.2) is 4.57 Å². The maximum atomic E-state index is 11.4. The summed E-state index contributed by atoms with van der Waals surface area (Å²) in [4.78, 5) is 28.6. The van der Waals surface area contributed by atoms with E-state index < -0.39 is 7.82 Å². The fourth-order valence-electron chi connectivity index (χ4n) is 1.43. The van der Waals surface area contributed by atoms with Crippen LogP contribution in [-0.4, -0.2) is 28.8 Å². The van der Waals surface area contributed by atoms with Crippen LogP contribution in [0.4, 0.5) is 0 Å². The lowest BCUT2D eigenvalue weighted by Crippen LogP contribution is -2.54. The molecule has 0 atom stereocenters. The second kappa shape index (κ2) is 7.25. The number of phosphoric acid groups is 1. The minimum atomic E-state index is -4.52. The minimum Gasteiger partial charge on any atom is -0.404 e. The average molecular weight is 289 g/mol. The van der Waals surface area contributed by atoms with E-state index in [0.29, 0.717) is 25.9 Å². The highest BCUT2D eigenvalue weighted by Crippen LogP contribution is 2.37. The molecule has 0 aliphatic carbocycles. The number of hydrogen-bond donors (Lipinski definition) is 4. The van der Waals surface area contributed by atoms with Crippen LogP contribution in [0.25, 0.3) is 0 Å². The van der Waals surface area contributed by atoms with Crippen molar-refractivity contribution in [2.24, 2.45) is 0 Å². The first-order valence-electron chi connectivity index (χ1n) is 5.81. The Hall–Kier alpha value is -1.40. The summed E-state index contributed by atoms with van der Waals surface area (Å²) in [6.45, 7) is 1.22. The van der Waals surface area contributed by atoms with E-state index in [4.69, 9.17) is 9.79 Å². The fraction of sp³-hybridized carbons (Fsp3) is 0.364. The molecule has 19 heavy (non-hydrogen) atoms. The third-order valence-corrected chi connectivity index (χ3v) is 2.74. The summed E-state index contributed by atoms with van der Waals surface area (Å²) in [6, 6.07) is 6.25. The molecular weight excluding hydrogens is 271 g/mol. The summed E-state index contributed by atoms with van der Waals surface area (Å²) in [7, 11) is -4.52. The molecule has 1 aromatic carbocycles. The van der Waals surface area contributed by atoms with Gasteiger partial charge in [0.05, 0.1) is 13.1 Å². The van der Waals surface area contributed by atoms with Gasteiger partial charge < -0.3 is 15.6 Å². The molecule has 0 unspecified atom stereocenters. The first-order chi connectivity index (χ1) is 8.90. The molecule has 7 nitrogen and oxygen atoms in total. The molecule has 0 fully saturated rings. The Morgan fingerprint density at radius 3 is 2.47 bits per heavy atom. The van der Waals surface area contributed by atoms with Crippen molar-refractivity contribution in [2.75, 3.05) is 13.1 Å². The molecule has 0 spiro atoms. The molecule has 0 saturated carbocycles. The number of quaternary nitrogens is 1. The Morgan fingerprint density at radius 1 is 1.32 bits per heavy atom. The smallest absolute Gasteiger partial charge is 0.404 e. The Kier molecular flexibility index (Phi) is 5.98. The summed E-state index contributed by atoms with van der Waals surface area (Å²) in [6.07, 6.45) is 0.915. The zero-order chi connectivity index (χ0) is 14.3. The molecule has 6 N–H and O–H groups in total. The lowest BCUT2D eigenvalue weighted by Gasteiger charge is -2.07. The first-order valence-corrected chi connectivity index (χ1v) is 7.34. The summed E-state index contributed by atoms with van der Waals surface area (Å²) in [5.74, 6) is 0.0535. The molecule has 8 heteroatoms. The Morgan fingerprint density at radius 2 is 1.95 bits per heavy atom. The van der Waals surface area contributed by atoms with Gasteiger partial charge in [-0.2, -0.15) is 0 Å². The van der Waals surface area contributed by atoms with Gasteiger partial charge in [-0.1, -0.05) is 12.1 Å². The van der Waals surface area contributed by atoms with E-state index in [1.165, 1.54) is 12.1 Å². The molecular formula is C11H18N2O5P+. The van der Waals surface area contributed by atoms with Crippen molar-refractivity contribution in [3.8, 4) is 5.75 Å². The largest absolute Gasteiger partial charge is 0.524 e. The predicted molar refractivity (Wildman–Crippen MR) is 68.2 cm³/mol. The number of aryl methyl sites for hydroxylation is 1. The zero-order valence-electron chi connectivity index (χ0n) is 10.4. The van der Waals surface area contributed by atoms with Gasteiger partial charge in [0.25, 0.3) is 0 Å². The molecule has 0 heterocycles. The summed E-state index contributed by atoms with van der Waals surface area (Å²) in [5, 5.41) is 2.72. The van der Waals surface area contributed by atoms with E-state index in [-0.39, 0.29) is 11.7 Å². The summed E-state index contributed by atoms with van der Waals surface area (Å²) >= 11 is 0. The Balaban J connectivity index is 2.44. The zero-order valence-corrected chi connectivity index (χ0v) is 11.3. The molecule has 1 amide bonds. The second-order valence-corrected chi connectivity index (χ2v) is 5.09. The Bertz CT molecular complexity index is 457. The van der Waals surface area contributed by atoms with E-state index in [2.05, 4.69) is 15.6 Å². The topological polar surface area (TPSA) is 124 Å². The third kappa shape index (κ3) is 6.93. The highest BCUT2D eigenvalue weighted by molar-refractivity contribution is 7.46. The van der Waals surface area contributed by atoms with E-state index in [0.717, 1.165) is 5.56 Å². The third-order valence-electron chi connectivity index (χ3n) is 2.29. The number of amides is 1. The van der Waals surface area contributed by atoms with Crippen molar-refractivity contribution >= 4 is 13.7 Å². The van der Waals surface area contributed by atoms with Crippen LogP contribution in [0.3, 0.4) is 0 Å². The van der Waals surface area contributed by atoms with E-state index in [1.807, 2.05) is 0 Å². The van der Waals surface area contributed by atoms with Gasteiger partial charge in [0.1, 0.15) is 5.75 Å². The van der Waals surface area contributed by atoms with Gasteiger partial charge in [-0.3, -0.25) is 14.6 Å². The van der Waals surface area contributed by atoms with E-state index in [9.17, 15) is 9.36 Å². The number of carbonyl (C=O) groups is 1. The molecule has 0 aliphatic heterocycles. The molecule has 0 bridgehead atoms. The van der Waals surface area contributed by atoms with E-state index in [1.54, 1.807) is 12.1 Å². The van der Waals surface area contributed by atoms with Crippen LogP contribution in [-0.2, 0) is 15.8 Å². The SMILES string of the molecule is [NH3+]CCNC(=O)CCc1ccc(OP(=O)(O)O)cc1. The van der Waals surface area contributed by atoms with Gasteiger partial charge in [0.2, 0.25) is 5.91 Å². The van der Waals surface area contributed by atoms with Gasteiger partial charge in [-0.05, 0) is 24.1 Å². The van der Waals surface area contributed by atoms with Gasteiger partial charge in [-0.15, -0.1) is 0 Å². The number of rotatable bonds is 7. The molecule has 0 saturated heterocycles. The normalized spacial score (nSPS) is 11.1. The van der Waals surface area contributed by atoms with Crippen molar-refractivity contribution in [1.29, 1.82) is 0 Å². The fourth-order valence-corrected chi connectivity index (χ4v) is 1.82. The van der Waals surface area contributed by atoms with Crippen LogP contribution in [0.5, 0.6) is 5.75 Å². The van der Waals surface area contributed by atoms with Crippen LogP contribution >= 0.6 is 7.82 Å². The van der Waals surface area contributed by atoms with Crippen LogP contribution in [0.15, 0.2) is 24.3 Å². The summed E-state index contributed by atoms with van der Waals surface area (Å²) in [5.41, 5.74) is 4.51. The average Bonchev–Trinajstić information content (AvgIpc) is 2.33. The van der Waals surface area contributed by atoms with Crippen molar-refractivity contribution in [3.63, 3.8) is 0 Å². The highest BCUT2D eigenvalue weighted by atomic mass is 31.2. The maximum absolute atomic E-state index is 11.4. The van der Waals surface area contributed by atoms with Gasteiger partial charge >= 0.3 is 7.82 Å². The molecule has 106 valence electrons. The van der Waals surface area contributed by atoms with Gasteiger partial charge in [0.15, 0.2) is 0 Å². The van der Waals surface area contributed by atoms with Crippen LogP contribution in [0, 0.1) is 0 Å². The Labute approximate surface area is 111 Å². The molecule has 0 radical (unpaired) electrons.